The van der Waals surface area contributed by atoms with Gasteiger partial charge in [-0.05, 0) is 30.5 Å². The van der Waals surface area contributed by atoms with E-state index in [1.807, 2.05) is 4.90 Å². The lowest BCUT2D eigenvalue weighted by molar-refractivity contribution is -0.143. The summed E-state index contributed by atoms with van der Waals surface area (Å²) in [5.74, 6) is -0.403. The molecular weight excluding hydrogens is 391 g/mol. The van der Waals surface area contributed by atoms with Crippen LogP contribution >= 0.6 is 11.3 Å². The number of nitrogens with one attached hydrogen (secondary N) is 1. The van der Waals surface area contributed by atoms with Gasteiger partial charge in [-0.15, -0.1) is 0 Å². The molecule has 0 spiro atoms. The van der Waals surface area contributed by atoms with E-state index in [9.17, 15) is 9.18 Å². The van der Waals surface area contributed by atoms with Gasteiger partial charge in [-0.2, -0.15) is 0 Å². The fourth-order valence-electron chi connectivity index (χ4n) is 4.75. The Morgan fingerprint density at radius 3 is 2.69 bits per heavy atom. The fourth-order valence-corrected chi connectivity index (χ4v) is 6.02. The summed E-state index contributed by atoms with van der Waals surface area (Å²) in [5, 5.41) is 4.62. The lowest BCUT2D eigenvalue weighted by Crippen LogP contribution is -2.51. The molecule has 5 rings (SSSR count). The van der Waals surface area contributed by atoms with Crippen LogP contribution in [0.1, 0.15) is 35.1 Å². The molecule has 1 N–H and O–H groups in total. The first-order chi connectivity index (χ1) is 14.1. The summed E-state index contributed by atoms with van der Waals surface area (Å²) in [5.41, 5.74) is 1.80. The highest BCUT2D eigenvalue weighted by Crippen LogP contribution is 2.38. The van der Waals surface area contributed by atoms with Gasteiger partial charge >= 0.3 is 0 Å². The molecule has 2 fully saturated rings. The van der Waals surface area contributed by atoms with Crippen molar-refractivity contribution in [1.29, 1.82) is 0 Å². The number of methoxy groups -OCH3 is 1. The monoisotopic (exact) mass is 416 g/mol. The molecule has 2 bridgehead atoms. The SMILES string of the molecule is COC(C(=O)N1CCc2nc(N3C4CCC3CNC4)sc2C1)c1ccc(F)cc1. The molecule has 4 heterocycles. The first-order valence-corrected chi connectivity index (χ1v) is 11.0. The lowest BCUT2D eigenvalue weighted by atomic mass is 10.1. The van der Waals surface area contributed by atoms with Crippen LogP contribution in [0.2, 0.25) is 0 Å². The predicted molar refractivity (Wildman–Crippen MR) is 110 cm³/mol. The number of hydrogen-bond donors (Lipinski definition) is 1. The van der Waals surface area contributed by atoms with Crippen molar-refractivity contribution in [2.45, 2.75) is 44.0 Å². The van der Waals surface area contributed by atoms with Crippen LogP contribution in [0, 0.1) is 5.82 Å². The maximum absolute atomic E-state index is 13.2. The molecule has 3 aliphatic rings. The van der Waals surface area contributed by atoms with E-state index in [-0.39, 0.29) is 11.7 Å². The second-order valence-electron chi connectivity index (χ2n) is 7.99. The first kappa shape index (κ1) is 19.0. The molecule has 0 saturated carbocycles. The summed E-state index contributed by atoms with van der Waals surface area (Å²) in [6, 6.07) is 7.02. The highest BCUT2D eigenvalue weighted by atomic mass is 32.1. The summed E-state index contributed by atoms with van der Waals surface area (Å²) >= 11 is 1.73. The van der Waals surface area contributed by atoms with Gasteiger partial charge in [-0.3, -0.25) is 4.79 Å². The van der Waals surface area contributed by atoms with Crippen LogP contribution in [0.15, 0.2) is 24.3 Å². The molecule has 1 amide bonds. The van der Waals surface area contributed by atoms with E-state index < -0.39 is 6.10 Å². The molecule has 154 valence electrons. The number of fused-ring (bicyclic) bond motifs is 3. The number of aromatic nitrogens is 1. The van der Waals surface area contributed by atoms with Gasteiger partial charge in [-0.25, -0.2) is 9.37 Å². The van der Waals surface area contributed by atoms with Gasteiger partial charge in [0.2, 0.25) is 0 Å². The Balaban J connectivity index is 1.33. The van der Waals surface area contributed by atoms with E-state index in [0.29, 0.717) is 30.7 Å². The minimum absolute atomic E-state index is 0.0815. The Kier molecular flexibility index (Phi) is 5.01. The van der Waals surface area contributed by atoms with E-state index >= 15 is 0 Å². The maximum Gasteiger partial charge on any atom is 0.256 e. The second kappa shape index (κ2) is 7.66. The molecule has 3 aliphatic heterocycles. The van der Waals surface area contributed by atoms with Crippen molar-refractivity contribution in [3.05, 3.63) is 46.2 Å². The number of carbonyl (C=O) groups is 1. The van der Waals surface area contributed by atoms with Crippen LogP contribution < -0.4 is 10.2 Å². The largest absolute Gasteiger partial charge is 0.367 e. The van der Waals surface area contributed by atoms with Crippen molar-refractivity contribution >= 4 is 22.4 Å². The summed E-state index contributed by atoms with van der Waals surface area (Å²) in [4.78, 5) is 23.6. The van der Waals surface area contributed by atoms with Crippen LogP contribution in [0.3, 0.4) is 0 Å². The van der Waals surface area contributed by atoms with Crippen LogP contribution in [-0.2, 0) is 22.5 Å². The summed E-state index contributed by atoms with van der Waals surface area (Å²) in [7, 11) is 1.52. The number of amides is 1. The summed E-state index contributed by atoms with van der Waals surface area (Å²) in [6.07, 6.45) is 2.49. The Morgan fingerprint density at radius 1 is 1.28 bits per heavy atom. The van der Waals surface area contributed by atoms with E-state index in [1.165, 1.54) is 37.0 Å². The first-order valence-electron chi connectivity index (χ1n) is 10.2. The molecule has 0 aliphatic carbocycles. The number of rotatable bonds is 4. The van der Waals surface area contributed by atoms with Crippen LogP contribution in [0.5, 0.6) is 0 Å². The normalized spacial score (nSPS) is 24.5. The predicted octanol–water partition coefficient (Wildman–Crippen LogP) is 2.50. The number of benzene rings is 1. The fraction of sp³-hybridized carbons (Fsp3) is 0.524. The van der Waals surface area contributed by atoms with Crippen molar-refractivity contribution in [2.24, 2.45) is 0 Å². The molecule has 29 heavy (non-hydrogen) atoms. The zero-order chi connectivity index (χ0) is 20.0. The van der Waals surface area contributed by atoms with E-state index in [1.54, 1.807) is 23.5 Å². The molecule has 1 aromatic carbocycles. The zero-order valence-electron chi connectivity index (χ0n) is 16.4. The van der Waals surface area contributed by atoms with E-state index in [0.717, 1.165) is 30.3 Å². The second-order valence-corrected chi connectivity index (χ2v) is 9.06. The third kappa shape index (κ3) is 3.43. The van der Waals surface area contributed by atoms with Gasteiger partial charge in [-0.1, -0.05) is 23.5 Å². The van der Waals surface area contributed by atoms with Crippen molar-refractivity contribution in [1.82, 2.24) is 15.2 Å². The minimum Gasteiger partial charge on any atom is -0.367 e. The number of hydrogen-bond acceptors (Lipinski definition) is 6. The number of piperazine rings is 1. The number of ether oxygens (including phenoxy) is 1. The van der Waals surface area contributed by atoms with Gasteiger partial charge < -0.3 is 19.9 Å². The molecule has 2 aromatic rings. The van der Waals surface area contributed by atoms with Crippen molar-refractivity contribution in [3.63, 3.8) is 0 Å². The highest BCUT2D eigenvalue weighted by molar-refractivity contribution is 7.15. The summed E-state index contributed by atoms with van der Waals surface area (Å²) < 4.78 is 18.7. The molecule has 3 unspecified atom stereocenters. The molecule has 3 atom stereocenters. The quantitative estimate of drug-likeness (QED) is 0.830. The maximum atomic E-state index is 13.2. The molecule has 6 nitrogen and oxygen atoms in total. The Morgan fingerprint density at radius 2 is 2.00 bits per heavy atom. The van der Waals surface area contributed by atoms with Gasteiger partial charge in [0, 0.05) is 50.1 Å². The van der Waals surface area contributed by atoms with Gasteiger partial charge in [0.15, 0.2) is 11.2 Å². The third-order valence-electron chi connectivity index (χ3n) is 6.27. The van der Waals surface area contributed by atoms with Gasteiger partial charge in [0.1, 0.15) is 5.82 Å². The Hall–Kier alpha value is -2.03. The minimum atomic E-state index is -0.714. The van der Waals surface area contributed by atoms with Crippen molar-refractivity contribution < 1.29 is 13.9 Å². The van der Waals surface area contributed by atoms with Crippen molar-refractivity contribution in [3.8, 4) is 0 Å². The summed E-state index contributed by atoms with van der Waals surface area (Å²) in [6.45, 7) is 3.25. The van der Waals surface area contributed by atoms with Gasteiger partial charge in [0.05, 0.1) is 12.2 Å². The molecule has 1 aromatic heterocycles. The lowest BCUT2D eigenvalue weighted by Gasteiger charge is -2.35. The Labute approximate surface area is 173 Å². The van der Waals surface area contributed by atoms with Crippen LogP contribution in [0.25, 0.3) is 0 Å². The van der Waals surface area contributed by atoms with E-state index in [4.69, 9.17) is 9.72 Å². The van der Waals surface area contributed by atoms with E-state index in [2.05, 4.69) is 10.2 Å². The topological polar surface area (TPSA) is 57.7 Å². The standard InChI is InChI=1S/C21H25FN4O2S/c1-28-19(13-2-4-14(22)5-3-13)20(27)25-9-8-17-18(12-25)29-21(24-17)26-15-6-7-16(26)11-23-10-15/h2-5,15-16,19,23H,6-12H2,1H3. The molecule has 2 saturated heterocycles. The number of carbonyl (C=O) groups excluding carboxylic acids is 1. The van der Waals surface area contributed by atoms with Gasteiger partial charge in [0.25, 0.3) is 5.91 Å². The zero-order valence-corrected chi connectivity index (χ0v) is 17.3. The van der Waals surface area contributed by atoms with Crippen LogP contribution in [0.4, 0.5) is 9.52 Å². The molecule has 0 radical (unpaired) electrons. The molecular formula is C21H25FN4O2S. The number of thiazole rings is 1. The third-order valence-corrected chi connectivity index (χ3v) is 7.36. The van der Waals surface area contributed by atoms with Crippen molar-refractivity contribution in [2.75, 3.05) is 31.6 Å². The number of nitrogens with zero attached hydrogens (tertiary/aromatic N) is 3. The van der Waals surface area contributed by atoms with Crippen LogP contribution in [-0.4, -0.2) is 54.6 Å². The molecule has 8 heteroatoms. The average Bonchev–Trinajstić information content (AvgIpc) is 3.26. The number of anilines is 1. The Bertz CT molecular complexity index is 887. The average molecular weight is 417 g/mol. The highest BCUT2D eigenvalue weighted by Gasteiger charge is 2.39. The number of halogens is 1. The smallest absolute Gasteiger partial charge is 0.256 e.